The number of hydrogen-bond donors (Lipinski definition) is 2. The molecule has 5 rings (SSSR count). The van der Waals surface area contributed by atoms with Crippen molar-refractivity contribution in [1.29, 1.82) is 0 Å². The number of fused-ring (bicyclic) bond motifs is 1. The van der Waals surface area contributed by atoms with Crippen molar-refractivity contribution >= 4 is 22.7 Å². The van der Waals surface area contributed by atoms with Crippen molar-refractivity contribution in [2.24, 2.45) is 0 Å². The Kier molecular flexibility index (Phi) is 5.98. The number of likely N-dealkylation sites (tertiary alicyclic amines) is 1. The van der Waals surface area contributed by atoms with Gasteiger partial charge in [0.15, 0.2) is 5.76 Å². The lowest BCUT2D eigenvalue weighted by atomic mass is 9.89. The zero-order valence-electron chi connectivity index (χ0n) is 18.4. The van der Waals surface area contributed by atoms with Crippen molar-refractivity contribution in [1.82, 2.24) is 15.2 Å². The standard InChI is InChI=1S/C27H27N3O3/c31-26(25-11-6-16-33-25)29-24(17-19-7-2-1-3-8-19)27(32)30-14-12-20(13-15-30)22-18-28-23-10-5-4-9-21(22)23/h1-11,16,18,20,24,28H,12-15,17H2,(H,29,31). The molecule has 3 heterocycles. The fourth-order valence-corrected chi connectivity index (χ4v) is 4.75. The molecule has 0 saturated carbocycles. The van der Waals surface area contributed by atoms with E-state index in [1.807, 2.05) is 41.3 Å². The van der Waals surface area contributed by atoms with Gasteiger partial charge in [-0.25, -0.2) is 0 Å². The summed E-state index contributed by atoms with van der Waals surface area (Å²) in [5.74, 6) is 0.202. The number of nitrogens with zero attached hydrogens (tertiary/aromatic N) is 1. The minimum Gasteiger partial charge on any atom is -0.459 e. The molecule has 1 atom stereocenters. The number of rotatable bonds is 6. The van der Waals surface area contributed by atoms with Crippen LogP contribution in [0.1, 0.15) is 40.4 Å². The van der Waals surface area contributed by atoms with E-state index in [1.54, 1.807) is 12.1 Å². The molecule has 168 valence electrons. The molecule has 1 aliphatic rings. The van der Waals surface area contributed by atoms with Gasteiger partial charge in [-0.1, -0.05) is 48.5 Å². The highest BCUT2D eigenvalue weighted by Crippen LogP contribution is 2.33. The maximum atomic E-state index is 13.5. The van der Waals surface area contributed by atoms with E-state index in [-0.39, 0.29) is 17.6 Å². The zero-order valence-corrected chi connectivity index (χ0v) is 18.4. The maximum Gasteiger partial charge on any atom is 0.287 e. The Labute approximate surface area is 192 Å². The normalized spacial score (nSPS) is 15.5. The van der Waals surface area contributed by atoms with Crippen LogP contribution in [0.2, 0.25) is 0 Å². The van der Waals surface area contributed by atoms with Gasteiger partial charge in [-0.15, -0.1) is 0 Å². The van der Waals surface area contributed by atoms with Gasteiger partial charge < -0.3 is 19.6 Å². The third kappa shape index (κ3) is 4.55. The summed E-state index contributed by atoms with van der Waals surface area (Å²) in [5.41, 5.74) is 3.48. The number of para-hydroxylation sites is 1. The first-order valence-corrected chi connectivity index (χ1v) is 11.4. The fraction of sp³-hybridized carbons (Fsp3) is 0.259. The second kappa shape index (κ2) is 9.36. The third-order valence-corrected chi connectivity index (χ3v) is 6.50. The van der Waals surface area contributed by atoms with Crippen LogP contribution in [0.3, 0.4) is 0 Å². The molecule has 33 heavy (non-hydrogen) atoms. The average Bonchev–Trinajstić information content (AvgIpc) is 3.55. The minimum atomic E-state index is -0.644. The third-order valence-electron chi connectivity index (χ3n) is 6.50. The Hall–Kier alpha value is -3.80. The van der Waals surface area contributed by atoms with Gasteiger partial charge in [0.1, 0.15) is 6.04 Å². The Balaban J connectivity index is 1.29. The first-order chi connectivity index (χ1) is 16.2. The van der Waals surface area contributed by atoms with E-state index in [0.29, 0.717) is 25.4 Å². The lowest BCUT2D eigenvalue weighted by Crippen LogP contribution is -2.51. The Morgan fingerprint density at radius 2 is 1.76 bits per heavy atom. The highest BCUT2D eigenvalue weighted by molar-refractivity contribution is 5.95. The number of carbonyl (C=O) groups excluding carboxylic acids is 2. The van der Waals surface area contributed by atoms with Crippen LogP contribution in [-0.2, 0) is 11.2 Å². The van der Waals surface area contributed by atoms with Crippen molar-refractivity contribution in [3.63, 3.8) is 0 Å². The molecule has 4 aromatic rings. The van der Waals surface area contributed by atoms with Crippen LogP contribution < -0.4 is 5.32 Å². The fourth-order valence-electron chi connectivity index (χ4n) is 4.75. The molecule has 2 amide bonds. The van der Waals surface area contributed by atoms with Gasteiger partial charge in [0.25, 0.3) is 5.91 Å². The van der Waals surface area contributed by atoms with Crippen LogP contribution in [0.5, 0.6) is 0 Å². The number of benzene rings is 2. The molecular formula is C27H27N3O3. The van der Waals surface area contributed by atoms with Crippen molar-refractivity contribution in [2.45, 2.75) is 31.2 Å². The van der Waals surface area contributed by atoms with Crippen molar-refractivity contribution in [2.75, 3.05) is 13.1 Å². The predicted molar refractivity (Wildman–Crippen MR) is 127 cm³/mol. The molecule has 1 saturated heterocycles. The number of aromatic nitrogens is 1. The van der Waals surface area contributed by atoms with Gasteiger partial charge in [0.2, 0.25) is 5.91 Å². The lowest BCUT2D eigenvalue weighted by Gasteiger charge is -2.34. The number of furan rings is 1. The summed E-state index contributed by atoms with van der Waals surface area (Å²) >= 11 is 0. The molecular weight excluding hydrogens is 414 g/mol. The summed E-state index contributed by atoms with van der Waals surface area (Å²) in [5, 5.41) is 4.16. The maximum absolute atomic E-state index is 13.5. The van der Waals surface area contributed by atoms with E-state index < -0.39 is 6.04 Å². The minimum absolute atomic E-state index is 0.0452. The van der Waals surface area contributed by atoms with E-state index in [2.05, 4.69) is 34.7 Å². The van der Waals surface area contributed by atoms with Crippen LogP contribution in [0.25, 0.3) is 10.9 Å². The van der Waals surface area contributed by atoms with Gasteiger partial charge >= 0.3 is 0 Å². The van der Waals surface area contributed by atoms with Crippen LogP contribution in [0, 0.1) is 0 Å². The van der Waals surface area contributed by atoms with Gasteiger partial charge in [0, 0.05) is 36.6 Å². The first-order valence-electron chi connectivity index (χ1n) is 11.4. The van der Waals surface area contributed by atoms with Gasteiger partial charge in [0.05, 0.1) is 6.26 Å². The molecule has 2 aromatic carbocycles. The summed E-state index contributed by atoms with van der Waals surface area (Å²) in [4.78, 5) is 31.4. The summed E-state index contributed by atoms with van der Waals surface area (Å²) in [6, 6.07) is 20.7. The SMILES string of the molecule is O=C(NC(Cc1ccccc1)C(=O)N1CCC(c2c[nH]c3ccccc23)CC1)c1ccco1. The monoisotopic (exact) mass is 441 g/mol. The number of nitrogens with one attached hydrogen (secondary N) is 2. The van der Waals surface area contributed by atoms with E-state index in [1.165, 1.54) is 17.2 Å². The van der Waals surface area contributed by atoms with E-state index >= 15 is 0 Å². The van der Waals surface area contributed by atoms with Gasteiger partial charge in [-0.05, 0) is 48.1 Å². The predicted octanol–water partition coefficient (Wildman–Crippen LogP) is 4.51. The number of H-pyrrole nitrogens is 1. The zero-order chi connectivity index (χ0) is 22.6. The van der Waals surface area contributed by atoms with E-state index in [0.717, 1.165) is 23.9 Å². The topological polar surface area (TPSA) is 78.3 Å². The van der Waals surface area contributed by atoms with E-state index in [4.69, 9.17) is 4.42 Å². The highest BCUT2D eigenvalue weighted by atomic mass is 16.3. The Bertz CT molecular complexity index is 1220. The average molecular weight is 442 g/mol. The molecule has 2 aromatic heterocycles. The largest absolute Gasteiger partial charge is 0.459 e. The molecule has 0 aliphatic carbocycles. The summed E-state index contributed by atoms with van der Waals surface area (Å²) < 4.78 is 5.22. The molecule has 2 N–H and O–H groups in total. The van der Waals surface area contributed by atoms with Gasteiger partial charge in [-0.2, -0.15) is 0 Å². The molecule has 0 spiro atoms. The second-order valence-electron chi connectivity index (χ2n) is 8.58. The van der Waals surface area contributed by atoms with Gasteiger partial charge in [-0.3, -0.25) is 9.59 Å². The molecule has 1 fully saturated rings. The Morgan fingerprint density at radius 3 is 2.52 bits per heavy atom. The van der Waals surface area contributed by atoms with Crippen molar-refractivity contribution in [3.05, 3.63) is 96.1 Å². The number of carbonyl (C=O) groups is 2. The quantitative estimate of drug-likeness (QED) is 0.462. The lowest BCUT2D eigenvalue weighted by molar-refractivity contribution is -0.134. The number of piperidine rings is 1. The number of aromatic amines is 1. The van der Waals surface area contributed by atoms with Crippen LogP contribution in [0.15, 0.2) is 83.6 Å². The van der Waals surface area contributed by atoms with Crippen LogP contribution in [-0.4, -0.2) is 40.8 Å². The molecule has 0 bridgehead atoms. The molecule has 6 heteroatoms. The first kappa shape index (κ1) is 21.1. The number of amides is 2. The van der Waals surface area contributed by atoms with Crippen molar-refractivity contribution < 1.29 is 14.0 Å². The molecule has 1 aliphatic heterocycles. The second-order valence-corrected chi connectivity index (χ2v) is 8.58. The highest BCUT2D eigenvalue weighted by Gasteiger charge is 2.31. The van der Waals surface area contributed by atoms with Crippen molar-refractivity contribution in [3.8, 4) is 0 Å². The molecule has 0 radical (unpaired) electrons. The molecule has 6 nitrogen and oxygen atoms in total. The summed E-state index contributed by atoms with van der Waals surface area (Å²) in [6.45, 7) is 1.34. The van der Waals surface area contributed by atoms with Crippen LogP contribution >= 0.6 is 0 Å². The molecule has 1 unspecified atom stereocenters. The van der Waals surface area contributed by atoms with Crippen LogP contribution in [0.4, 0.5) is 0 Å². The summed E-state index contributed by atoms with van der Waals surface area (Å²) in [7, 11) is 0. The summed E-state index contributed by atoms with van der Waals surface area (Å²) in [6.07, 6.45) is 5.80. The number of hydrogen-bond acceptors (Lipinski definition) is 3. The van der Waals surface area contributed by atoms with E-state index in [9.17, 15) is 9.59 Å². The smallest absolute Gasteiger partial charge is 0.287 e. The Morgan fingerprint density at radius 1 is 1.00 bits per heavy atom.